The number of ether oxygens (including phenoxy) is 1. The van der Waals surface area contributed by atoms with E-state index in [2.05, 4.69) is 6.92 Å². The van der Waals surface area contributed by atoms with Crippen LogP contribution in [0.4, 0.5) is 0 Å². The number of rotatable bonds is 5. The summed E-state index contributed by atoms with van der Waals surface area (Å²) in [6.45, 7) is 2.24. The zero-order valence-electron chi connectivity index (χ0n) is 12.8. The summed E-state index contributed by atoms with van der Waals surface area (Å²) in [6, 6.07) is 0. The molecule has 0 saturated heterocycles. The van der Waals surface area contributed by atoms with E-state index in [-0.39, 0.29) is 5.60 Å². The summed E-state index contributed by atoms with van der Waals surface area (Å²) in [7, 11) is 0. The van der Waals surface area contributed by atoms with E-state index in [4.69, 9.17) is 9.84 Å². The van der Waals surface area contributed by atoms with Gasteiger partial charge in [0.15, 0.2) is 0 Å². The Hall–Kier alpha value is -1.32. The van der Waals surface area contributed by atoms with Crippen molar-refractivity contribution in [3.63, 3.8) is 0 Å². The maximum absolute atomic E-state index is 11.9. The fourth-order valence-electron chi connectivity index (χ4n) is 4.04. The van der Waals surface area contributed by atoms with E-state index in [0.717, 1.165) is 56.6 Å². The number of hydrogen-bond donors (Lipinski definition) is 1. The van der Waals surface area contributed by atoms with Crippen LogP contribution in [0.15, 0.2) is 12.2 Å². The van der Waals surface area contributed by atoms with Gasteiger partial charge in [-0.1, -0.05) is 26.2 Å². The van der Waals surface area contributed by atoms with Crippen molar-refractivity contribution in [1.82, 2.24) is 0 Å². The first-order valence-electron chi connectivity index (χ1n) is 8.19. The highest BCUT2D eigenvalue weighted by atomic mass is 16.6. The minimum absolute atomic E-state index is 0.335. The van der Waals surface area contributed by atoms with Crippen LogP contribution in [0.5, 0.6) is 0 Å². The minimum atomic E-state index is -1.11. The van der Waals surface area contributed by atoms with Gasteiger partial charge in [0, 0.05) is 12.2 Å². The number of hydrogen-bond acceptors (Lipinski definition) is 3. The maximum atomic E-state index is 11.9. The second-order valence-corrected chi connectivity index (χ2v) is 6.49. The van der Waals surface area contributed by atoms with Gasteiger partial charge >= 0.3 is 11.9 Å². The van der Waals surface area contributed by atoms with Crippen LogP contribution in [0.1, 0.15) is 64.7 Å². The summed E-state index contributed by atoms with van der Waals surface area (Å²) in [5, 5.41) is 8.60. The lowest BCUT2D eigenvalue weighted by Crippen LogP contribution is -2.41. The first-order chi connectivity index (χ1) is 10.1. The normalized spacial score (nSPS) is 28.6. The zero-order chi connectivity index (χ0) is 15.3. The molecule has 0 aliphatic heterocycles. The Morgan fingerprint density at radius 1 is 1.14 bits per heavy atom. The summed E-state index contributed by atoms with van der Waals surface area (Å²) in [4.78, 5) is 22.4. The smallest absolute Gasteiger partial charge is 0.331 e. The van der Waals surface area contributed by atoms with Crippen LogP contribution in [-0.4, -0.2) is 22.6 Å². The van der Waals surface area contributed by atoms with Gasteiger partial charge in [0.1, 0.15) is 5.60 Å². The Bertz CT molecular complexity index is 399. The quantitative estimate of drug-likeness (QED) is 0.620. The van der Waals surface area contributed by atoms with Crippen molar-refractivity contribution in [2.75, 3.05) is 0 Å². The van der Waals surface area contributed by atoms with E-state index in [1.165, 1.54) is 19.3 Å². The molecule has 0 spiro atoms. The molecule has 4 nitrogen and oxygen atoms in total. The molecule has 4 heteroatoms. The molecule has 21 heavy (non-hydrogen) atoms. The second-order valence-electron chi connectivity index (χ2n) is 6.49. The third kappa shape index (κ3) is 4.08. The number of carboxylic acids is 1. The molecule has 0 radical (unpaired) electrons. The second kappa shape index (κ2) is 7.10. The Morgan fingerprint density at radius 3 is 2.29 bits per heavy atom. The molecule has 1 N–H and O–H groups in total. The Balaban J connectivity index is 2.00. The average Bonchev–Trinajstić information content (AvgIpc) is 2.95. The fourth-order valence-corrected chi connectivity index (χ4v) is 4.04. The number of carbonyl (C=O) groups excluding carboxylic acids is 1. The maximum Gasteiger partial charge on any atom is 0.331 e. The van der Waals surface area contributed by atoms with Gasteiger partial charge in [-0.25, -0.2) is 9.59 Å². The van der Waals surface area contributed by atoms with Gasteiger partial charge in [-0.15, -0.1) is 0 Å². The highest BCUT2D eigenvalue weighted by molar-refractivity contribution is 5.90. The van der Waals surface area contributed by atoms with E-state index >= 15 is 0 Å². The van der Waals surface area contributed by atoms with E-state index in [9.17, 15) is 9.59 Å². The van der Waals surface area contributed by atoms with E-state index in [1.54, 1.807) is 0 Å². The molecule has 2 aliphatic rings. The molecule has 0 heterocycles. The molecule has 0 aromatic heterocycles. The largest absolute Gasteiger partial charge is 0.478 e. The molecule has 0 atom stereocenters. The molecule has 0 bridgehead atoms. The van der Waals surface area contributed by atoms with Crippen molar-refractivity contribution in [2.24, 2.45) is 11.8 Å². The summed E-state index contributed by atoms with van der Waals surface area (Å²) in [5.41, 5.74) is -0.335. The topological polar surface area (TPSA) is 63.6 Å². The monoisotopic (exact) mass is 294 g/mol. The summed E-state index contributed by atoms with van der Waals surface area (Å²) in [5.74, 6) is -0.347. The van der Waals surface area contributed by atoms with Crippen LogP contribution in [0.3, 0.4) is 0 Å². The fraction of sp³-hybridized carbons (Fsp3) is 0.765. The highest BCUT2D eigenvalue weighted by Crippen LogP contribution is 2.46. The molecule has 0 aromatic rings. The van der Waals surface area contributed by atoms with E-state index < -0.39 is 11.9 Å². The van der Waals surface area contributed by atoms with Gasteiger partial charge in [0.05, 0.1) is 0 Å². The van der Waals surface area contributed by atoms with Crippen molar-refractivity contribution in [2.45, 2.75) is 70.3 Å². The Labute approximate surface area is 126 Å². The highest BCUT2D eigenvalue weighted by Gasteiger charge is 2.45. The third-order valence-electron chi connectivity index (χ3n) is 5.28. The van der Waals surface area contributed by atoms with E-state index in [0.29, 0.717) is 5.92 Å². The number of carboxylic acid groups (broad SMARTS) is 1. The van der Waals surface area contributed by atoms with Gasteiger partial charge in [-0.3, -0.25) is 0 Å². The third-order valence-corrected chi connectivity index (χ3v) is 5.28. The van der Waals surface area contributed by atoms with Gasteiger partial charge < -0.3 is 9.84 Å². The van der Waals surface area contributed by atoms with Crippen molar-refractivity contribution < 1.29 is 19.4 Å². The predicted octanol–water partition coefficient (Wildman–Crippen LogP) is 3.70. The lowest BCUT2D eigenvalue weighted by Gasteiger charge is -2.40. The van der Waals surface area contributed by atoms with Crippen LogP contribution in [0.2, 0.25) is 0 Å². The molecule has 2 fully saturated rings. The number of aliphatic carboxylic acids is 1. The van der Waals surface area contributed by atoms with Crippen molar-refractivity contribution >= 4 is 11.9 Å². The molecule has 2 aliphatic carbocycles. The van der Waals surface area contributed by atoms with Crippen LogP contribution in [-0.2, 0) is 14.3 Å². The van der Waals surface area contributed by atoms with Gasteiger partial charge in [-0.05, 0) is 50.4 Å². The zero-order valence-corrected chi connectivity index (χ0v) is 12.8. The molecule has 0 unspecified atom stereocenters. The molecule has 118 valence electrons. The Morgan fingerprint density at radius 2 is 1.76 bits per heavy atom. The first-order valence-corrected chi connectivity index (χ1v) is 8.19. The molecule has 2 saturated carbocycles. The number of carbonyl (C=O) groups is 2. The van der Waals surface area contributed by atoms with Crippen molar-refractivity contribution in [1.29, 1.82) is 0 Å². The summed E-state index contributed by atoms with van der Waals surface area (Å²) < 4.78 is 5.77. The minimum Gasteiger partial charge on any atom is -0.478 e. The van der Waals surface area contributed by atoms with Crippen molar-refractivity contribution in [3.05, 3.63) is 12.2 Å². The number of esters is 1. The molecule has 2 rings (SSSR count). The van der Waals surface area contributed by atoms with Crippen LogP contribution >= 0.6 is 0 Å². The molecule has 0 aromatic carbocycles. The molecular weight excluding hydrogens is 268 g/mol. The predicted molar refractivity (Wildman–Crippen MR) is 79.8 cm³/mol. The van der Waals surface area contributed by atoms with Gasteiger partial charge in [-0.2, -0.15) is 0 Å². The van der Waals surface area contributed by atoms with Gasteiger partial charge in [0.25, 0.3) is 0 Å². The van der Waals surface area contributed by atoms with Crippen LogP contribution in [0.25, 0.3) is 0 Å². The first kappa shape index (κ1) is 16.1. The molecular formula is C17H26O4. The van der Waals surface area contributed by atoms with Crippen LogP contribution < -0.4 is 0 Å². The van der Waals surface area contributed by atoms with Crippen LogP contribution in [0, 0.1) is 11.8 Å². The average molecular weight is 294 g/mol. The lowest BCUT2D eigenvalue weighted by atomic mass is 9.72. The van der Waals surface area contributed by atoms with E-state index in [1.807, 2.05) is 0 Å². The molecule has 0 amide bonds. The van der Waals surface area contributed by atoms with Gasteiger partial charge in [0.2, 0.25) is 0 Å². The van der Waals surface area contributed by atoms with Crippen molar-refractivity contribution in [3.8, 4) is 0 Å². The summed E-state index contributed by atoms with van der Waals surface area (Å²) in [6.07, 6.45) is 11.9. The SMILES string of the molecule is CCC1CCC(C2(OC(=O)/C=C/C(=O)O)CCCC2)CC1. The summed E-state index contributed by atoms with van der Waals surface area (Å²) >= 11 is 0. The lowest BCUT2D eigenvalue weighted by molar-refractivity contribution is -0.161. The Kier molecular flexibility index (Phi) is 5.43. The standard InChI is InChI=1S/C17H26O4/c1-2-13-5-7-14(8-6-13)17(11-3-4-12-17)21-16(20)10-9-15(18)19/h9-10,13-14H,2-8,11-12H2,1H3,(H,18,19)/b10-9+.